The fourth-order valence-electron chi connectivity index (χ4n) is 1.71. The van der Waals surface area contributed by atoms with Crippen LogP contribution in [0.25, 0.3) is 0 Å². The van der Waals surface area contributed by atoms with Crippen LogP contribution in [-0.4, -0.2) is 31.1 Å². The molecule has 0 aliphatic rings. The summed E-state index contributed by atoms with van der Waals surface area (Å²) in [6, 6.07) is 3.81. The van der Waals surface area contributed by atoms with Crippen molar-refractivity contribution in [3.05, 3.63) is 34.1 Å². The molecule has 7 heteroatoms. The van der Waals surface area contributed by atoms with Crippen LogP contribution in [0.1, 0.15) is 13.3 Å². The Morgan fingerprint density at radius 2 is 2.21 bits per heavy atom. The van der Waals surface area contributed by atoms with Gasteiger partial charge in [0, 0.05) is 6.54 Å². The fraction of sp³-hybridized carbons (Fsp3) is 0.417. The second-order valence-corrected chi connectivity index (χ2v) is 3.86. The van der Waals surface area contributed by atoms with Gasteiger partial charge >= 0.3 is 11.7 Å². The normalized spacial score (nSPS) is 10.1. The summed E-state index contributed by atoms with van der Waals surface area (Å²) in [5, 5.41) is 10.9. The molecule has 0 unspecified atom stereocenters. The summed E-state index contributed by atoms with van der Waals surface area (Å²) >= 11 is 0. The molecule has 0 spiro atoms. The molecule has 0 amide bonds. The average molecular weight is 270 g/mol. The molecular formula is C12H15FN2O4. The Labute approximate surface area is 109 Å². The number of nitro benzene ring substituents is 1. The molecule has 19 heavy (non-hydrogen) atoms. The van der Waals surface area contributed by atoms with Crippen molar-refractivity contribution < 1.29 is 18.8 Å². The smallest absolute Gasteiger partial charge is 0.327 e. The number of esters is 1. The minimum Gasteiger partial charge on any atom is -0.468 e. The minimum atomic E-state index is -0.923. The molecule has 1 aromatic rings. The van der Waals surface area contributed by atoms with Crippen molar-refractivity contribution in [2.24, 2.45) is 0 Å². The van der Waals surface area contributed by atoms with Gasteiger partial charge in [-0.15, -0.1) is 0 Å². The Balaban J connectivity index is 3.18. The van der Waals surface area contributed by atoms with Crippen LogP contribution in [0.5, 0.6) is 0 Å². The van der Waals surface area contributed by atoms with Crippen LogP contribution >= 0.6 is 0 Å². The molecule has 0 atom stereocenters. The number of hydrogen-bond donors (Lipinski definition) is 0. The Hall–Kier alpha value is -2.18. The SMILES string of the molecule is CCCN(CC(=O)OC)c1cccc(F)c1[N+](=O)[O-]. The van der Waals surface area contributed by atoms with Crippen molar-refractivity contribution in [2.75, 3.05) is 25.1 Å². The molecule has 0 radical (unpaired) electrons. The molecule has 0 fully saturated rings. The molecule has 1 rings (SSSR count). The number of hydrogen-bond acceptors (Lipinski definition) is 5. The maximum absolute atomic E-state index is 13.5. The lowest BCUT2D eigenvalue weighted by Gasteiger charge is -2.22. The van der Waals surface area contributed by atoms with Gasteiger partial charge in [0.2, 0.25) is 5.82 Å². The number of halogens is 1. The van der Waals surface area contributed by atoms with E-state index < -0.39 is 22.4 Å². The number of nitrogens with zero attached hydrogens (tertiary/aromatic N) is 2. The van der Waals surface area contributed by atoms with Gasteiger partial charge in [-0.2, -0.15) is 4.39 Å². The monoisotopic (exact) mass is 270 g/mol. The number of ether oxygens (including phenoxy) is 1. The lowest BCUT2D eigenvalue weighted by atomic mass is 10.2. The molecule has 0 saturated heterocycles. The Morgan fingerprint density at radius 1 is 1.53 bits per heavy atom. The number of anilines is 1. The molecule has 0 aliphatic heterocycles. The molecular weight excluding hydrogens is 255 g/mol. The highest BCUT2D eigenvalue weighted by atomic mass is 19.1. The number of carbonyl (C=O) groups excluding carboxylic acids is 1. The van der Waals surface area contributed by atoms with Crippen molar-refractivity contribution >= 4 is 17.3 Å². The van der Waals surface area contributed by atoms with Gasteiger partial charge in [-0.1, -0.05) is 13.0 Å². The van der Waals surface area contributed by atoms with E-state index in [0.29, 0.717) is 13.0 Å². The Kier molecular flexibility index (Phi) is 5.23. The quantitative estimate of drug-likeness (QED) is 0.450. The second-order valence-electron chi connectivity index (χ2n) is 3.86. The van der Waals surface area contributed by atoms with Gasteiger partial charge in [0.1, 0.15) is 12.2 Å². The highest BCUT2D eigenvalue weighted by Crippen LogP contribution is 2.30. The topological polar surface area (TPSA) is 72.7 Å². The van der Waals surface area contributed by atoms with Crippen LogP contribution in [0.2, 0.25) is 0 Å². The third kappa shape index (κ3) is 3.64. The highest BCUT2D eigenvalue weighted by Gasteiger charge is 2.25. The van der Waals surface area contributed by atoms with Crippen molar-refractivity contribution in [3.8, 4) is 0 Å². The summed E-state index contributed by atoms with van der Waals surface area (Å²) in [6.45, 7) is 2.09. The van der Waals surface area contributed by atoms with Crippen LogP contribution in [-0.2, 0) is 9.53 Å². The number of rotatable bonds is 6. The first-order valence-corrected chi connectivity index (χ1v) is 5.75. The first-order chi connectivity index (χ1) is 9.01. The highest BCUT2D eigenvalue weighted by molar-refractivity contribution is 5.77. The summed E-state index contributed by atoms with van der Waals surface area (Å²) in [5.41, 5.74) is -0.544. The van der Waals surface area contributed by atoms with Crippen molar-refractivity contribution in [3.63, 3.8) is 0 Å². The van der Waals surface area contributed by atoms with Crippen LogP contribution in [0.4, 0.5) is 15.8 Å². The van der Waals surface area contributed by atoms with E-state index in [1.165, 1.54) is 24.1 Å². The third-order valence-corrected chi connectivity index (χ3v) is 2.53. The van der Waals surface area contributed by atoms with Crippen molar-refractivity contribution in [2.45, 2.75) is 13.3 Å². The van der Waals surface area contributed by atoms with Gasteiger partial charge in [-0.25, -0.2) is 0 Å². The van der Waals surface area contributed by atoms with Gasteiger partial charge in [0.05, 0.1) is 12.0 Å². The van der Waals surface area contributed by atoms with E-state index in [1.807, 2.05) is 6.92 Å². The first-order valence-electron chi connectivity index (χ1n) is 5.75. The molecule has 0 saturated carbocycles. The molecule has 0 bridgehead atoms. The van der Waals surface area contributed by atoms with E-state index in [-0.39, 0.29) is 12.2 Å². The largest absolute Gasteiger partial charge is 0.468 e. The summed E-state index contributed by atoms with van der Waals surface area (Å²) in [4.78, 5) is 22.9. The van der Waals surface area contributed by atoms with E-state index in [9.17, 15) is 19.3 Å². The number of carbonyl (C=O) groups is 1. The molecule has 0 heterocycles. The van der Waals surface area contributed by atoms with E-state index in [2.05, 4.69) is 4.74 Å². The lowest BCUT2D eigenvalue weighted by molar-refractivity contribution is -0.386. The fourth-order valence-corrected chi connectivity index (χ4v) is 1.71. The van der Waals surface area contributed by atoms with Crippen LogP contribution in [0, 0.1) is 15.9 Å². The standard InChI is InChI=1S/C12H15FN2O4/c1-3-7-14(8-11(16)19-2)10-6-4-5-9(13)12(10)15(17)18/h4-6H,3,7-8H2,1-2H3. The van der Waals surface area contributed by atoms with Gasteiger partial charge in [-0.3, -0.25) is 14.9 Å². The molecule has 0 aromatic heterocycles. The maximum Gasteiger partial charge on any atom is 0.327 e. The summed E-state index contributed by atoms with van der Waals surface area (Å²) < 4.78 is 18.1. The predicted octanol–water partition coefficient (Wildman–Crippen LogP) is 2.12. The summed E-state index contributed by atoms with van der Waals surface area (Å²) in [5.74, 6) is -1.46. The van der Waals surface area contributed by atoms with Gasteiger partial charge in [0.25, 0.3) is 0 Å². The molecule has 1 aromatic carbocycles. The van der Waals surface area contributed by atoms with E-state index >= 15 is 0 Å². The number of nitro groups is 1. The Bertz CT molecular complexity index is 479. The maximum atomic E-state index is 13.5. The first kappa shape index (κ1) is 14.9. The van der Waals surface area contributed by atoms with Crippen LogP contribution < -0.4 is 4.90 Å². The van der Waals surface area contributed by atoms with Crippen molar-refractivity contribution in [1.82, 2.24) is 0 Å². The van der Waals surface area contributed by atoms with E-state index in [4.69, 9.17) is 0 Å². The van der Waals surface area contributed by atoms with E-state index in [0.717, 1.165) is 6.07 Å². The van der Waals surface area contributed by atoms with Gasteiger partial charge in [-0.05, 0) is 18.6 Å². The summed E-state index contributed by atoms with van der Waals surface area (Å²) in [6.07, 6.45) is 0.657. The zero-order valence-corrected chi connectivity index (χ0v) is 10.8. The Morgan fingerprint density at radius 3 is 2.74 bits per heavy atom. The lowest BCUT2D eigenvalue weighted by Crippen LogP contribution is -2.31. The third-order valence-electron chi connectivity index (χ3n) is 2.53. The average Bonchev–Trinajstić information content (AvgIpc) is 2.37. The molecule has 6 nitrogen and oxygen atoms in total. The zero-order valence-electron chi connectivity index (χ0n) is 10.8. The summed E-state index contributed by atoms with van der Waals surface area (Å²) in [7, 11) is 1.23. The van der Waals surface area contributed by atoms with Gasteiger partial charge < -0.3 is 9.64 Å². The molecule has 104 valence electrons. The van der Waals surface area contributed by atoms with Crippen LogP contribution in [0.15, 0.2) is 18.2 Å². The minimum absolute atomic E-state index is 0.0808. The van der Waals surface area contributed by atoms with Crippen LogP contribution in [0.3, 0.4) is 0 Å². The molecule has 0 aliphatic carbocycles. The zero-order chi connectivity index (χ0) is 14.4. The van der Waals surface area contributed by atoms with Gasteiger partial charge in [0.15, 0.2) is 0 Å². The number of methoxy groups -OCH3 is 1. The van der Waals surface area contributed by atoms with E-state index in [1.54, 1.807) is 0 Å². The predicted molar refractivity (Wildman–Crippen MR) is 67.6 cm³/mol. The molecule has 0 N–H and O–H groups in total. The van der Waals surface area contributed by atoms with Crippen molar-refractivity contribution in [1.29, 1.82) is 0 Å². The number of benzene rings is 1. The number of para-hydroxylation sites is 1. The second kappa shape index (κ2) is 6.67.